The van der Waals surface area contributed by atoms with E-state index in [0.29, 0.717) is 17.9 Å². The predicted molar refractivity (Wildman–Crippen MR) is 84.3 cm³/mol. The van der Waals surface area contributed by atoms with Crippen molar-refractivity contribution in [2.45, 2.75) is 37.5 Å². The second-order valence-corrected chi connectivity index (χ2v) is 6.54. The molecule has 2 rings (SSSR count). The van der Waals surface area contributed by atoms with E-state index in [9.17, 15) is 4.79 Å². The summed E-state index contributed by atoms with van der Waals surface area (Å²) >= 11 is 2.03. The highest BCUT2D eigenvalue weighted by atomic mass is 32.2. The van der Waals surface area contributed by atoms with E-state index in [0.717, 1.165) is 11.4 Å². The van der Waals surface area contributed by atoms with Gasteiger partial charge in [0.05, 0.1) is 13.0 Å². The first kappa shape index (κ1) is 15.0. The van der Waals surface area contributed by atoms with Crippen LogP contribution in [0.3, 0.4) is 0 Å². The molecular weight excluding hydrogens is 272 g/mol. The van der Waals surface area contributed by atoms with Crippen LogP contribution in [0.5, 0.6) is 5.75 Å². The van der Waals surface area contributed by atoms with Gasteiger partial charge in [0.25, 0.3) is 0 Å². The van der Waals surface area contributed by atoms with Crippen molar-refractivity contribution in [3.8, 4) is 5.75 Å². The van der Waals surface area contributed by atoms with Gasteiger partial charge in [-0.05, 0) is 42.9 Å². The number of anilines is 1. The number of thioether (sulfide) groups is 1. The van der Waals surface area contributed by atoms with Gasteiger partial charge in [0.15, 0.2) is 0 Å². The highest BCUT2D eigenvalue weighted by molar-refractivity contribution is 8.00. The molecule has 0 radical (unpaired) electrons. The maximum atomic E-state index is 10.6. The van der Waals surface area contributed by atoms with Gasteiger partial charge >= 0.3 is 0 Å². The number of primary amides is 1. The van der Waals surface area contributed by atoms with Gasteiger partial charge < -0.3 is 15.8 Å². The molecular formula is C15H22N2O2S. The van der Waals surface area contributed by atoms with Crippen molar-refractivity contribution in [2.24, 2.45) is 5.73 Å². The quantitative estimate of drug-likeness (QED) is 0.846. The number of ether oxygens (including phenoxy) is 1. The molecule has 0 saturated carbocycles. The van der Waals surface area contributed by atoms with Gasteiger partial charge in [-0.3, -0.25) is 4.79 Å². The Labute approximate surface area is 124 Å². The summed E-state index contributed by atoms with van der Waals surface area (Å²) in [5.74, 6) is 1.70. The van der Waals surface area contributed by atoms with Gasteiger partial charge in [-0.25, -0.2) is 0 Å². The Bertz CT molecular complexity index is 436. The van der Waals surface area contributed by atoms with Crippen LogP contribution in [0.4, 0.5) is 5.69 Å². The van der Waals surface area contributed by atoms with Crippen molar-refractivity contribution < 1.29 is 9.53 Å². The smallest absolute Gasteiger partial charge is 0.220 e. The third-order valence-electron chi connectivity index (χ3n) is 3.43. The van der Waals surface area contributed by atoms with Gasteiger partial charge in [0, 0.05) is 17.0 Å². The first-order valence-electron chi connectivity index (χ1n) is 7.04. The summed E-state index contributed by atoms with van der Waals surface area (Å²) in [4.78, 5) is 10.6. The van der Waals surface area contributed by atoms with E-state index in [1.165, 1.54) is 18.6 Å². The summed E-state index contributed by atoms with van der Waals surface area (Å²) in [6.07, 6.45) is 2.75. The molecule has 1 aromatic carbocycles. The number of nitrogens with one attached hydrogen (secondary N) is 1. The molecule has 1 aliphatic rings. The van der Waals surface area contributed by atoms with Crippen molar-refractivity contribution in [3.63, 3.8) is 0 Å². The van der Waals surface area contributed by atoms with E-state index in [2.05, 4.69) is 12.2 Å². The maximum absolute atomic E-state index is 10.6. The Morgan fingerprint density at radius 2 is 2.20 bits per heavy atom. The molecule has 4 nitrogen and oxygen atoms in total. The van der Waals surface area contributed by atoms with Gasteiger partial charge in [-0.2, -0.15) is 11.8 Å². The summed E-state index contributed by atoms with van der Waals surface area (Å²) in [7, 11) is 0. The lowest BCUT2D eigenvalue weighted by Crippen LogP contribution is -2.32. The standard InChI is InChI=1S/C15H22N2O2S/c1-11-14(3-2-10-20-11)17-12-4-6-13(7-5-12)19-9-8-15(16)18/h4-7,11,14,17H,2-3,8-10H2,1H3,(H2,16,18). The first-order valence-corrected chi connectivity index (χ1v) is 8.09. The lowest BCUT2D eigenvalue weighted by Gasteiger charge is -2.30. The molecule has 1 aromatic rings. The molecule has 110 valence electrons. The zero-order valence-corrected chi connectivity index (χ0v) is 12.6. The third kappa shape index (κ3) is 4.63. The molecule has 0 aromatic heterocycles. The Kier molecular flexibility index (Phi) is 5.59. The third-order valence-corrected chi connectivity index (χ3v) is 4.81. The molecule has 1 fully saturated rings. The fourth-order valence-corrected chi connectivity index (χ4v) is 3.39. The van der Waals surface area contributed by atoms with Gasteiger partial charge in [0.2, 0.25) is 5.91 Å². The largest absolute Gasteiger partial charge is 0.493 e. The van der Waals surface area contributed by atoms with Gasteiger partial charge in [-0.1, -0.05) is 6.92 Å². The Morgan fingerprint density at radius 3 is 2.85 bits per heavy atom. The SMILES string of the molecule is CC1SCCCC1Nc1ccc(OCCC(N)=O)cc1. The van der Waals surface area contributed by atoms with Crippen molar-refractivity contribution in [3.05, 3.63) is 24.3 Å². The second kappa shape index (κ2) is 7.43. The molecule has 1 heterocycles. The van der Waals surface area contributed by atoms with Crippen LogP contribution in [0.2, 0.25) is 0 Å². The van der Waals surface area contributed by atoms with Crippen molar-refractivity contribution >= 4 is 23.4 Å². The Balaban J connectivity index is 1.83. The second-order valence-electron chi connectivity index (χ2n) is 5.06. The lowest BCUT2D eigenvalue weighted by molar-refractivity contribution is -0.118. The minimum Gasteiger partial charge on any atom is -0.493 e. The van der Waals surface area contributed by atoms with Crippen molar-refractivity contribution in [1.82, 2.24) is 0 Å². The normalized spacial score (nSPS) is 22.2. The fourth-order valence-electron chi connectivity index (χ4n) is 2.24. The van der Waals surface area contributed by atoms with Gasteiger partial charge in [0.1, 0.15) is 5.75 Å². The molecule has 20 heavy (non-hydrogen) atoms. The van der Waals surface area contributed by atoms with Crippen LogP contribution in [-0.4, -0.2) is 29.6 Å². The van der Waals surface area contributed by atoms with Crippen LogP contribution in [0.15, 0.2) is 24.3 Å². The van der Waals surface area contributed by atoms with E-state index >= 15 is 0 Å². The van der Waals surface area contributed by atoms with Crippen LogP contribution in [0.25, 0.3) is 0 Å². The molecule has 3 N–H and O–H groups in total. The van der Waals surface area contributed by atoms with Crippen LogP contribution >= 0.6 is 11.8 Å². The number of hydrogen-bond acceptors (Lipinski definition) is 4. The van der Waals surface area contributed by atoms with E-state index in [1.807, 2.05) is 36.0 Å². The van der Waals surface area contributed by atoms with E-state index in [4.69, 9.17) is 10.5 Å². The topological polar surface area (TPSA) is 64.3 Å². The number of benzene rings is 1. The Morgan fingerprint density at radius 1 is 1.45 bits per heavy atom. The number of nitrogens with two attached hydrogens (primary N) is 1. The zero-order valence-electron chi connectivity index (χ0n) is 11.8. The van der Waals surface area contributed by atoms with E-state index < -0.39 is 0 Å². The van der Waals surface area contributed by atoms with Crippen LogP contribution in [-0.2, 0) is 4.79 Å². The molecule has 0 bridgehead atoms. The summed E-state index contributed by atoms with van der Waals surface area (Å²) in [5.41, 5.74) is 6.18. The molecule has 1 aliphatic heterocycles. The highest BCUT2D eigenvalue weighted by Gasteiger charge is 2.21. The summed E-state index contributed by atoms with van der Waals surface area (Å²) in [5, 5.41) is 4.23. The average Bonchev–Trinajstić information content (AvgIpc) is 2.43. The van der Waals surface area contributed by atoms with E-state index in [1.54, 1.807) is 0 Å². The Hall–Kier alpha value is -1.36. The minimum atomic E-state index is -0.341. The molecule has 2 atom stereocenters. The predicted octanol–water partition coefficient (Wildman–Crippen LogP) is 2.64. The average molecular weight is 294 g/mol. The van der Waals surface area contributed by atoms with Gasteiger partial charge in [-0.15, -0.1) is 0 Å². The van der Waals surface area contributed by atoms with Crippen molar-refractivity contribution in [2.75, 3.05) is 17.7 Å². The monoisotopic (exact) mass is 294 g/mol. The minimum absolute atomic E-state index is 0.247. The van der Waals surface area contributed by atoms with Crippen LogP contribution in [0, 0.1) is 0 Å². The molecule has 0 spiro atoms. The lowest BCUT2D eigenvalue weighted by atomic mass is 10.1. The maximum Gasteiger partial charge on any atom is 0.220 e. The molecule has 1 amide bonds. The van der Waals surface area contributed by atoms with Crippen LogP contribution in [0.1, 0.15) is 26.2 Å². The highest BCUT2D eigenvalue weighted by Crippen LogP contribution is 2.28. The molecule has 1 saturated heterocycles. The number of carbonyl (C=O) groups excluding carboxylic acids is 1. The summed E-state index contributed by atoms with van der Waals surface area (Å²) in [6, 6.07) is 8.42. The first-order chi connectivity index (χ1) is 9.65. The number of amides is 1. The summed E-state index contributed by atoms with van der Waals surface area (Å²) < 4.78 is 5.45. The number of rotatable bonds is 6. The fraction of sp³-hybridized carbons (Fsp3) is 0.533. The number of hydrogen-bond donors (Lipinski definition) is 2. The van der Waals surface area contributed by atoms with Crippen molar-refractivity contribution in [1.29, 1.82) is 0 Å². The molecule has 0 aliphatic carbocycles. The molecule has 2 unspecified atom stereocenters. The summed E-state index contributed by atoms with van der Waals surface area (Å²) in [6.45, 7) is 2.61. The van der Waals surface area contributed by atoms with Crippen LogP contribution < -0.4 is 15.8 Å². The zero-order chi connectivity index (χ0) is 14.4. The molecule has 5 heteroatoms. The van der Waals surface area contributed by atoms with E-state index in [-0.39, 0.29) is 12.3 Å². The number of carbonyl (C=O) groups is 1.